The largest absolute Gasteiger partial charge is 0.772 e. The summed E-state index contributed by atoms with van der Waals surface area (Å²) in [5.74, 6) is -0.154. The van der Waals surface area contributed by atoms with E-state index in [4.69, 9.17) is 5.11 Å². The Morgan fingerprint density at radius 3 is 2.79 bits per heavy atom. The monoisotopic (exact) mass is 218 g/mol. The Bertz CT molecular complexity index is 315. The summed E-state index contributed by atoms with van der Waals surface area (Å²) < 4.78 is 32.7. The van der Waals surface area contributed by atoms with Crippen LogP contribution < -0.4 is 0 Å². The maximum absolute atomic E-state index is 12.1. The van der Waals surface area contributed by atoms with Gasteiger partial charge in [-0.1, -0.05) is 6.07 Å². The molecule has 4 nitrogen and oxygen atoms in total. The number of alkyl halides is 1. The van der Waals surface area contributed by atoms with Gasteiger partial charge >= 0.3 is 0 Å². The van der Waals surface area contributed by atoms with Crippen molar-refractivity contribution in [1.82, 2.24) is 4.98 Å². The van der Waals surface area contributed by atoms with Gasteiger partial charge in [-0.2, -0.15) is 0 Å². The Balaban J connectivity index is 2.63. The second-order valence-electron chi connectivity index (χ2n) is 2.74. The summed E-state index contributed by atoms with van der Waals surface area (Å²) in [4.78, 5) is 3.80. The summed E-state index contributed by atoms with van der Waals surface area (Å²) in [6.45, 7) is 0. The SMILES string of the molecule is O=S([O-])Cc1ccc(CC(O)F)cn1. The van der Waals surface area contributed by atoms with Crippen LogP contribution in [0.15, 0.2) is 18.3 Å². The van der Waals surface area contributed by atoms with Crippen LogP contribution in [0.25, 0.3) is 0 Å². The summed E-state index contributed by atoms with van der Waals surface area (Å²) in [5, 5.41) is 8.43. The van der Waals surface area contributed by atoms with Crippen LogP contribution >= 0.6 is 0 Å². The molecule has 1 N–H and O–H groups in total. The Morgan fingerprint density at radius 1 is 1.64 bits per heavy atom. The fraction of sp³-hybridized carbons (Fsp3) is 0.375. The zero-order valence-electron chi connectivity index (χ0n) is 7.22. The van der Waals surface area contributed by atoms with Gasteiger partial charge < -0.3 is 9.66 Å². The zero-order valence-corrected chi connectivity index (χ0v) is 8.04. The predicted octanol–water partition coefficient (Wildman–Crippen LogP) is 0.291. The van der Waals surface area contributed by atoms with Crippen molar-refractivity contribution < 1.29 is 18.3 Å². The summed E-state index contributed by atoms with van der Waals surface area (Å²) >= 11 is -2.17. The first-order valence-corrected chi connectivity index (χ1v) is 5.14. The molecule has 1 aromatic rings. The van der Waals surface area contributed by atoms with E-state index in [9.17, 15) is 13.2 Å². The summed E-state index contributed by atoms with van der Waals surface area (Å²) in [5.41, 5.74) is 0.927. The van der Waals surface area contributed by atoms with Crippen LogP contribution in [0.1, 0.15) is 11.3 Å². The number of aliphatic hydroxyl groups excluding tert-OH is 1. The Morgan fingerprint density at radius 2 is 2.36 bits per heavy atom. The molecule has 0 saturated heterocycles. The van der Waals surface area contributed by atoms with Crippen LogP contribution in [0.2, 0.25) is 0 Å². The fourth-order valence-corrected chi connectivity index (χ4v) is 1.39. The molecule has 0 saturated carbocycles. The molecule has 0 aromatic carbocycles. The van der Waals surface area contributed by atoms with Crippen molar-refractivity contribution in [3.8, 4) is 0 Å². The number of halogens is 1. The molecule has 0 aliphatic heterocycles. The van der Waals surface area contributed by atoms with Crippen molar-refractivity contribution in [2.45, 2.75) is 18.5 Å². The van der Waals surface area contributed by atoms with Crippen molar-refractivity contribution in [2.75, 3.05) is 0 Å². The molecule has 6 heteroatoms. The van der Waals surface area contributed by atoms with Crippen LogP contribution in [-0.2, 0) is 23.3 Å². The molecule has 1 aromatic heterocycles. The van der Waals surface area contributed by atoms with E-state index < -0.39 is 17.4 Å². The van der Waals surface area contributed by atoms with Crippen molar-refractivity contribution >= 4 is 11.1 Å². The summed E-state index contributed by atoms with van der Waals surface area (Å²) in [6.07, 6.45) is -0.685. The average molecular weight is 218 g/mol. The second-order valence-corrected chi connectivity index (χ2v) is 3.64. The number of hydrogen-bond donors (Lipinski definition) is 1. The summed E-state index contributed by atoms with van der Waals surface area (Å²) in [7, 11) is 0. The van der Waals surface area contributed by atoms with Gasteiger partial charge in [0.15, 0.2) is 6.36 Å². The fourth-order valence-electron chi connectivity index (χ4n) is 0.976. The lowest BCUT2D eigenvalue weighted by Crippen LogP contribution is -2.03. The van der Waals surface area contributed by atoms with E-state index in [1.165, 1.54) is 18.3 Å². The quantitative estimate of drug-likeness (QED) is 0.737. The third-order valence-electron chi connectivity index (χ3n) is 1.56. The standard InChI is InChI=1S/C8H10FNO3S/c9-8(11)3-6-1-2-7(10-4-6)5-14(12)13/h1-2,4,8,11H,3,5H2,(H,12,13)/p-1. The summed E-state index contributed by atoms with van der Waals surface area (Å²) in [6, 6.07) is 3.03. The maximum atomic E-state index is 12.1. The molecule has 78 valence electrons. The molecule has 0 bridgehead atoms. The normalized spacial score (nSPS) is 15.1. The first-order valence-electron chi connectivity index (χ1n) is 3.89. The van der Waals surface area contributed by atoms with Gasteiger partial charge in [-0.25, -0.2) is 4.39 Å². The van der Waals surface area contributed by atoms with E-state index in [1.54, 1.807) is 0 Å². The molecule has 0 spiro atoms. The van der Waals surface area contributed by atoms with Crippen molar-refractivity contribution in [1.29, 1.82) is 0 Å². The van der Waals surface area contributed by atoms with Crippen molar-refractivity contribution in [3.05, 3.63) is 29.6 Å². The van der Waals surface area contributed by atoms with E-state index in [0.717, 1.165) is 0 Å². The Labute approximate surface area is 83.1 Å². The van der Waals surface area contributed by atoms with E-state index in [0.29, 0.717) is 11.3 Å². The highest BCUT2D eigenvalue weighted by Crippen LogP contribution is 2.05. The van der Waals surface area contributed by atoms with Gasteiger partial charge in [0.05, 0.1) is 11.4 Å². The second kappa shape index (κ2) is 5.14. The minimum Gasteiger partial charge on any atom is -0.772 e. The number of pyridine rings is 1. The van der Waals surface area contributed by atoms with Gasteiger partial charge in [0.2, 0.25) is 0 Å². The van der Waals surface area contributed by atoms with Gasteiger partial charge in [0, 0.05) is 12.6 Å². The zero-order chi connectivity index (χ0) is 10.6. The molecular formula is C8H9FNO3S-. The van der Waals surface area contributed by atoms with E-state index in [-0.39, 0.29) is 12.2 Å². The number of hydrogen-bond acceptors (Lipinski definition) is 4. The van der Waals surface area contributed by atoms with E-state index >= 15 is 0 Å². The Hall–Kier alpha value is -0.850. The molecule has 2 unspecified atom stereocenters. The van der Waals surface area contributed by atoms with E-state index in [1.807, 2.05) is 0 Å². The van der Waals surface area contributed by atoms with E-state index in [2.05, 4.69) is 4.98 Å². The van der Waals surface area contributed by atoms with Crippen LogP contribution in [0.5, 0.6) is 0 Å². The molecule has 0 radical (unpaired) electrons. The lowest BCUT2D eigenvalue weighted by Gasteiger charge is -2.05. The molecule has 0 amide bonds. The average Bonchev–Trinajstić information content (AvgIpc) is 2.06. The van der Waals surface area contributed by atoms with Crippen LogP contribution in [-0.4, -0.2) is 25.2 Å². The lowest BCUT2D eigenvalue weighted by molar-refractivity contribution is 0.0429. The van der Waals surface area contributed by atoms with Gasteiger partial charge in [0.1, 0.15) is 0 Å². The molecule has 1 rings (SSSR count). The van der Waals surface area contributed by atoms with Gasteiger partial charge in [-0.05, 0) is 22.7 Å². The maximum Gasteiger partial charge on any atom is 0.200 e. The molecule has 0 aliphatic carbocycles. The third-order valence-corrected chi connectivity index (χ3v) is 2.09. The molecular weight excluding hydrogens is 209 g/mol. The predicted molar refractivity (Wildman–Crippen MR) is 47.7 cm³/mol. The molecule has 0 fully saturated rings. The van der Waals surface area contributed by atoms with Gasteiger partial charge in [0.25, 0.3) is 0 Å². The van der Waals surface area contributed by atoms with Crippen LogP contribution in [0.4, 0.5) is 4.39 Å². The first kappa shape index (κ1) is 11.2. The number of nitrogens with zero attached hydrogens (tertiary/aromatic N) is 1. The highest BCUT2D eigenvalue weighted by Gasteiger charge is 2.02. The minimum absolute atomic E-state index is 0.131. The number of aliphatic hydroxyl groups is 1. The number of aromatic nitrogens is 1. The molecule has 2 atom stereocenters. The third kappa shape index (κ3) is 3.91. The highest BCUT2D eigenvalue weighted by atomic mass is 32.2. The minimum atomic E-state index is -2.17. The van der Waals surface area contributed by atoms with Crippen molar-refractivity contribution in [3.63, 3.8) is 0 Å². The van der Waals surface area contributed by atoms with Crippen molar-refractivity contribution in [2.24, 2.45) is 0 Å². The topological polar surface area (TPSA) is 73.2 Å². The van der Waals surface area contributed by atoms with Crippen LogP contribution in [0.3, 0.4) is 0 Å². The molecule has 14 heavy (non-hydrogen) atoms. The first-order chi connectivity index (χ1) is 6.58. The lowest BCUT2D eigenvalue weighted by atomic mass is 10.2. The smallest absolute Gasteiger partial charge is 0.200 e. The Kier molecular flexibility index (Phi) is 4.12. The number of rotatable bonds is 4. The van der Waals surface area contributed by atoms with Gasteiger partial charge in [-0.3, -0.25) is 9.19 Å². The van der Waals surface area contributed by atoms with Crippen LogP contribution in [0, 0.1) is 0 Å². The van der Waals surface area contributed by atoms with Gasteiger partial charge in [-0.15, -0.1) is 0 Å². The highest BCUT2D eigenvalue weighted by molar-refractivity contribution is 7.78. The molecule has 1 heterocycles. The molecule has 0 aliphatic rings.